The molecule has 2 nitrogen and oxygen atoms in total. The molecule has 0 aromatic heterocycles. The average molecular weight is 267 g/mol. The predicted molar refractivity (Wildman–Crippen MR) is 81.6 cm³/mol. The fraction of sp³-hybridized carbons (Fsp3) is 0.600. The highest BCUT2D eigenvalue weighted by atomic mass is 32.2. The minimum Gasteiger partial charge on any atom is -0.497 e. The van der Waals surface area contributed by atoms with Crippen LogP contribution in [0, 0.1) is 0 Å². The first-order chi connectivity index (χ1) is 8.71. The Labute approximate surface area is 116 Å². The Morgan fingerprint density at radius 1 is 1.28 bits per heavy atom. The summed E-state index contributed by atoms with van der Waals surface area (Å²) < 4.78 is 5.19. The zero-order valence-corrected chi connectivity index (χ0v) is 12.7. The van der Waals surface area contributed by atoms with Gasteiger partial charge in [0.25, 0.3) is 0 Å². The highest BCUT2D eigenvalue weighted by Crippen LogP contribution is 2.21. The molecule has 1 aromatic rings. The Morgan fingerprint density at radius 2 is 1.94 bits per heavy atom. The number of ether oxygens (including phenoxy) is 1. The second-order valence-corrected chi connectivity index (χ2v) is 5.57. The molecule has 3 heteroatoms. The minimum atomic E-state index is 0.438. The standard InChI is InChI=1S/C15H25NOS/c1-5-15(16-12(2)10-11-18-4)13-6-8-14(17-3)9-7-13/h6-9,12,15-16H,5,10-11H2,1-4H3. The first-order valence-electron chi connectivity index (χ1n) is 6.60. The van der Waals surface area contributed by atoms with Crippen LogP contribution >= 0.6 is 11.8 Å². The van der Waals surface area contributed by atoms with E-state index in [1.54, 1.807) is 7.11 Å². The Hall–Kier alpha value is -0.670. The number of thioether (sulfide) groups is 1. The molecule has 2 atom stereocenters. The lowest BCUT2D eigenvalue weighted by atomic mass is 10.0. The van der Waals surface area contributed by atoms with Gasteiger partial charge in [0.15, 0.2) is 0 Å². The zero-order valence-electron chi connectivity index (χ0n) is 11.9. The topological polar surface area (TPSA) is 21.3 Å². The van der Waals surface area contributed by atoms with E-state index in [4.69, 9.17) is 4.74 Å². The molecule has 102 valence electrons. The minimum absolute atomic E-state index is 0.438. The Balaban J connectivity index is 2.58. The van der Waals surface area contributed by atoms with Crippen LogP contribution in [0.2, 0.25) is 0 Å². The van der Waals surface area contributed by atoms with Crippen molar-refractivity contribution in [2.45, 2.75) is 38.8 Å². The first kappa shape index (κ1) is 15.4. The van der Waals surface area contributed by atoms with Crippen molar-refractivity contribution in [3.05, 3.63) is 29.8 Å². The summed E-state index contributed by atoms with van der Waals surface area (Å²) in [5, 5.41) is 3.70. The van der Waals surface area contributed by atoms with E-state index in [1.165, 1.54) is 17.7 Å². The lowest BCUT2D eigenvalue weighted by Gasteiger charge is -2.22. The van der Waals surface area contributed by atoms with Gasteiger partial charge < -0.3 is 10.1 Å². The van der Waals surface area contributed by atoms with E-state index in [9.17, 15) is 0 Å². The molecule has 0 saturated heterocycles. The second-order valence-electron chi connectivity index (χ2n) is 4.58. The van der Waals surface area contributed by atoms with Crippen LogP contribution < -0.4 is 10.1 Å². The van der Waals surface area contributed by atoms with Crippen LogP contribution in [0.15, 0.2) is 24.3 Å². The van der Waals surface area contributed by atoms with E-state index in [-0.39, 0.29) is 0 Å². The fourth-order valence-corrected chi connectivity index (χ4v) is 2.60. The van der Waals surface area contributed by atoms with Gasteiger partial charge in [-0.1, -0.05) is 19.1 Å². The molecule has 0 heterocycles. The van der Waals surface area contributed by atoms with Crippen LogP contribution in [-0.4, -0.2) is 25.2 Å². The molecular weight excluding hydrogens is 242 g/mol. The van der Waals surface area contributed by atoms with E-state index in [1.807, 2.05) is 23.9 Å². The van der Waals surface area contributed by atoms with Crippen LogP contribution in [0.3, 0.4) is 0 Å². The van der Waals surface area contributed by atoms with Gasteiger partial charge in [-0.15, -0.1) is 0 Å². The third-order valence-electron chi connectivity index (χ3n) is 3.17. The molecule has 0 aliphatic rings. The maximum atomic E-state index is 5.19. The van der Waals surface area contributed by atoms with Crippen molar-refractivity contribution in [3.63, 3.8) is 0 Å². The van der Waals surface area contributed by atoms with E-state index >= 15 is 0 Å². The summed E-state index contributed by atoms with van der Waals surface area (Å²) in [5.41, 5.74) is 1.34. The summed E-state index contributed by atoms with van der Waals surface area (Å²) in [6.45, 7) is 4.49. The smallest absolute Gasteiger partial charge is 0.118 e. The highest BCUT2D eigenvalue weighted by Gasteiger charge is 2.12. The quantitative estimate of drug-likeness (QED) is 0.772. The van der Waals surface area contributed by atoms with Gasteiger partial charge in [-0.2, -0.15) is 11.8 Å². The molecule has 0 fully saturated rings. The average Bonchev–Trinajstić information content (AvgIpc) is 2.42. The Morgan fingerprint density at radius 3 is 2.44 bits per heavy atom. The maximum absolute atomic E-state index is 5.19. The van der Waals surface area contributed by atoms with Crippen molar-refractivity contribution in [2.24, 2.45) is 0 Å². The van der Waals surface area contributed by atoms with Gasteiger partial charge in [0.05, 0.1) is 7.11 Å². The highest BCUT2D eigenvalue weighted by molar-refractivity contribution is 7.98. The van der Waals surface area contributed by atoms with E-state index < -0.39 is 0 Å². The van der Waals surface area contributed by atoms with Crippen LogP contribution in [0.5, 0.6) is 5.75 Å². The molecule has 1 N–H and O–H groups in total. The van der Waals surface area contributed by atoms with Crippen molar-refractivity contribution < 1.29 is 4.74 Å². The van der Waals surface area contributed by atoms with Gasteiger partial charge in [-0.3, -0.25) is 0 Å². The van der Waals surface area contributed by atoms with Crippen LogP contribution in [0.4, 0.5) is 0 Å². The summed E-state index contributed by atoms with van der Waals surface area (Å²) in [6, 6.07) is 9.37. The van der Waals surface area contributed by atoms with Crippen molar-refractivity contribution in [1.82, 2.24) is 5.32 Å². The van der Waals surface area contributed by atoms with Gasteiger partial charge in [0, 0.05) is 12.1 Å². The van der Waals surface area contributed by atoms with Crippen LogP contribution in [-0.2, 0) is 0 Å². The molecule has 1 rings (SSSR count). The molecule has 0 aliphatic heterocycles. The van der Waals surface area contributed by atoms with Gasteiger partial charge in [0.2, 0.25) is 0 Å². The Kier molecular flexibility index (Phi) is 7.21. The lowest BCUT2D eigenvalue weighted by Crippen LogP contribution is -2.30. The van der Waals surface area contributed by atoms with Crippen LogP contribution in [0.1, 0.15) is 38.3 Å². The number of rotatable bonds is 8. The molecule has 1 aromatic carbocycles. The SMILES string of the molecule is CCC(NC(C)CCSC)c1ccc(OC)cc1. The largest absolute Gasteiger partial charge is 0.497 e. The molecule has 0 saturated carbocycles. The number of nitrogens with one attached hydrogen (secondary N) is 1. The second kappa shape index (κ2) is 8.44. The van der Waals surface area contributed by atoms with Gasteiger partial charge in [-0.05, 0) is 49.5 Å². The lowest BCUT2D eigenvalue weighted by molar-refractivity contribution is 0.413. The fourth-order valence-electron chi connectivity index (χ4n) is 2.01. The number of methoxy groups -OCH3 is 1. The molecule has 0 aliphatic carbocycles. The molecule has 0 amide bonds. The maximum Gasteiger partial charge on any atom is 0.118 e. The molecule has 0 radical (unpaired) electrons. The summed E-state index contributed by atoms with van der Waals surface area (Å²) in [7, 11) is 1.70. The molecule has 2 unspecified atom stereocenters. The molecular formula is C15H25NOS. The molecule has 0 spiro atoms. The normalized spacial score (nSPS) is 14.2. The summed E-state index contributed by atoms with van der Waals surface area (Å²) in [5.74, 6) is 2.14. The van der Waals surface area contributed by atoms with Crippen LogP contribution in [0.25, 0.3) is 0 Å². The summed E-state index contributed by atoms with van der Waals surface area (Å²) in [4.78, 5) is 0. The number of benzene rings is 1. The van der Waals surface area contributed by atoms with Crippen molar-refractivity contribution in [2.75, 3.05) is 19.1 Å². The van der Waals surface area contributed by atoms with E-state index in [2.05, 4.69) is 37.6 Å². The third kappa shape index (κ3) is 4.91. The third-order valence-corrected chi connectivity index (χ3v) is 3.81. The Bertz CT molecular complexity index is 326. The summed E-state index contributed by atoms with van der Waals surface area (Å²) >= 11 is 1.91. The van der Waals surface area contributed by atoms with E-state index in [0.717, 1.165) is 12.2 Å². The molecule has 0 bridgehead atoms. The monoisotopic (exact) mass is 267 g/mol. The van der Waals surface area contributed by atoms with Gasteiger partial charge in [0.1, 0.15) is 5.75 Å². The van der Waals surface area contributed by atoms with Gasteiger partial charge >= 0.3 is 0 Å². The van der Waals surface area contributed by atoms with Crippen molar-refractivity contribution in [3.8, 4) is 5.75 Å². The summed E-state index contributed by atoms with van der Waals surface area (Å²) in [6.07, 6.45) is 4.48. The van der Waals surface area contributed by atoms with Crippen molar-refractivity contribution >= 4 is 11.8 Å². The predicted octanol–water partition coefficient (Wildman–Crippen LogP) is 3.88. The molecule has 18 heavy (non-hydrogen) atoms. The first-order valence-corrected chi connectivity index (χ1v) is 7.99. The van der Waals surface area contributed by atoms with Gasteiger partial charge in [-0.25, -0.2) is 0 Å². The number of hydrogen-bond donors (Lipinski definition) is 1. The number of hydrogen-bond acceptors (Lipinski definition) is 3. The van der Waals surface area contributed by atoms with E-state index in [0.29, 0.717) is 12.1 Å². The van der Waals surface area contributed by atoms with Crippen molar-refractivity contribution in [1.29, 1.82) is 0 Å². The zero-order chi connectivity index (χ0) is 13.4.